The number of ether oxygens (including phenoxy) is 1. The summed E-state index contributed by atoms with van der Waals surface area (Å²) < 4.78 is 5.29. The fraction of sp³-hybridized carbons (Fsp3) is 0.293. The molecule has 10 nitrogen and oxygen atoms in total. The smallest absolute Gasteiger partial charge is 0.261 e. The van der Waals surface area contributed by atoms with Crippen molar-refractivity contribution in [3.63, 3.8) is 0 Å². The number of primary amides is 1. The molecule has 0 aromatic heterocycles. The Kier molecular flexibility index (Phi) is 13.6. The molecule has 1 heterocycles. The summed E-state index contributed by atoms with van der Waals surface area (Å²) in [5, 5.41) is 2.18. The normalized spacial score (nSPS) is 13.3. The van der Waals surface area contributed by atoms with Gasteiger partial charge in [-0.1, -0.05) is 91.3 Å². The molecule has 1 aliphatic heterocycles. The van der Waals surface area contributed by atoms with Crippen molar-refractivity contribution in [3.05, 3.63) is 137 Å². The molecular weight excluding hydrogens is 677 g/mol. The number of hydrogen-bond acceptors (Lipinski definition) is 7. The number of fused-ring (bicyclic) bond motifs is 1. The zero-order chi connectivity index (χ0) is 36.9. The Bertz CT molecular complexity index is 1800. The predicted molar refractivity (Wildman–Crippen MR) is 202 cm³/mol. The molecule has 3 N–H and O–H groups in total. The molecule has 270 valence electrons. The Hall–Kier alpha value is -5.42. The first-order valence-corrected chi connectivity index (χ1v) is 18.5. The van der Waals surface area contributed by atoms with E-state index in [0.29, 0.717) is 54.7 Å². The third-order valence-corrected chi connectivity index (χ3v) is 10.4. The fourth-order valence-corrected chi connectivity index (χ4v) is 7.38. The number of benzene rings is 4. The Balaban J connectivity index is 1.33. The van der Waals surface area contributed by atoms with Gasteiger partial charge in [-0.25, -0.2) is 0 Å². The van der Waals surface area contributed by atoms with Crippen LogP contribution < -0.4 is 15.8 Å². The van der Waals surface area contributed by atoms with Crippen LogP contribution in [-0.2, 0) is 33.0 Å². The first-order valence-electron chi connectivity index (χ1n) is 17.4. The Morgan fingerprint density at radius 3 is 1.92 bits per heavy atom. The summed E-state index contributed by atoms with van der Waals surface area (Å²) >= 11 is 1.41. The van der Waals surface area contributed by atoms with Crippen molar-refractivity contribution >= 4 is 41.3 Å². The van der Waals surface area contributed by atoms with Gasteiger partial charge in [0.25, 0.3) is 17.7 Å². The van der Waals surface area contributed by atoms with Crippen LogP contribution in [0.15, 0.2) is 109 Å². The number of nitrogens with two attached hydrogens (primary N) is 1. The number of nitrogens with zero attached hydrogens (tertiary/aromatic N) is 2. The molecule has 0 fully saturated rings. The van der Waals surface area contributed by atoms with Crippen molar-refractivity contribution in [3.8, 4) is 5.75 Å². The van der Waals surface area contributed by atoms with E-state index in [0.717, 1.165) is 16.7 Å². The van der Waals surface area contributed by atoms with Gasteiger partial charge in [0.05, 0.1) is 23.5 Å². The monoisotopic (exact) mass is 720 g/mol. The highest BCUT2D eigenvalue weighted by molar-refractivity contribution is 7.99. The molecule has 0 bridgehead atoms. The van der Waals surface area contributed by atoms with Gasteiger partial charge in [-0.15, -0.1) is 11.8 Å². The van der Waals surface area contributed by atoms with Crippen LogP contribution in [0.1, 0.15) is 56.7 Å². The molecule has 0 aliphatic carbocycles. The Morgan fingerprint density at radius 2 is 1.35 bits per heavy atom. The molecule has 2 atom stereocenters. The van der Waals surface area contributed by atoms with Crippen molar-refractivity contribution in [2.45, 2.75) is 49.1 Å². The van der Waals surface area contributed by atoms with Crippen LogP contribution in [0, 0.1) is 0 Å². The number of carbonyl (C=O) groups excluding carboxylic acids is 5. The van der Waals surface area contributed by atoms with E-state index in [1.807, 2.05) is 84.9 Å². The highest BCUT2D eigenvalue weighted by Gasteiger charge is 2.38. The second kappa shape index (κ2) is 18.7. The summed E-state index contributed by atoms with van der Waals surface area (Å²) in [7, 11) is 1.59. The molecule has 0 saturated heterocycles. The zero-order valence-corrected chi connectivity index (χ0v) is 30.1. The van der Waals surface area contributed by atoms with Crippen molar-refractivity contribution < 1.29 is 28.7 Å². The van der Waals surface area contributed by atoms with Gasteiger partial charge in [-0.2, -0.15) is 0 Å². The van der Waals surface area contributed by atoms with Gasteiger partial charge in [0.15, 0.2) is 6.04 Å². The van der Waals surface area contributed by atoms with E-state index in [1.54, 1.807) is 31.4 Å². The lowest BCUT2D eigenvalue weighted by atomic mass is 10.1. The predicted octanol–water partition coefficient (Wildman–Crippen LogP) is 5.05. The molecule has 0 radical (unpaired) electrons. The van der Waals surface area contributed by atoms with Crippen LogP contribution in [0.3, 0.4) is 0 Å². The van der Waals surface area contributed by atoms with Crippen LogP contribution in [-0.4, -0.2) is 77.4 Å². The zero-order valence-electron chi connectivity index (χ0n) is 29.2. The summed E-state index contributed by atoms with van der Waals surface area (Å²) in [4.78, 5) is 69.8. The minimum atomic E-state index is -1.52. The van der Waals surface area contributed by atoms with Gasteiger partial charge < -0.3 is 20.7 Å². The quantitative estimate of drug-likeness (QED) is 0.0786. The van der Waals surface area contributed by atoms with Gasteiger partial charge in [-0.3, -0.25) is 28.9 Å². The SMILES string of the molecule is COc1ccc(CS[C@@H](CCCCN2C(=O)c3ccccc3C2=O)C(=O)N(CCc2ccccc2)C(C(N)=O)C(=O)NCCc2ccccc2)cc1. The first-order chi connectivity index (χ1) is 25.3. The minimum absolute atomic E-state index is 0.0944. The van der Waals surface area contributed by atoms with E-state index in [-0.39, 0.29) is 37.4 Å². The fourth-order valence-electron chi connectivity index (χ4n) is 6.18. The Morgan fingerprint density at radius 1 is 0.769 bits per heavy atom. The lowest BCUT2D eigenvalue weighted by Gasteiger charge is -2.32. The Labute approximate surface area is 308 Å². The number of carbonyl (C=O) groups is 5. The second-order valence-electron chi connectivity index (χ2n) is 12.5. The number of imide groups is 1. The third-order valence-electron chi connectivity index (χ3n) is 9.01. The molecular formula is C41H44N4O6S. The number of thioether (sulfide) groups is 1. The lowest BCUT2D eigenvalue weighted by Crippen LogP contribution is -2.58. The van der Waals surface area contributed by atoms with Crippen molar-refractivity contribution in [2.24, 2.45) is 5.73 Å². The van der Waals surface area contributed by atoms with E-state index in [4.69, 9.17) is 10.5 Å². The van der Waals surface area contributed by atoms with Crippen LogP contribution in [0.2, 0.25) is 0 Å². The van der Waals surface area contributed by atoms with Crippen molar-refractivity contribution in [1.29, 1.82) is 0 Å². The van der Waals surface area contributed by atoms with E-state index in [1.165, 1.54) is 21.6 Å². The molecule has 0 spiro atoms. The van der Waals surface area contributed by atoms with E-state index < -0.39 is 23.1 Å². The van der Waals surface area contributed by atoms with Crippen LogP contribution in [0.25, 0.3) is 0 Å². The van der Waals surface area contributed by atoms with Crippen molar-refractivity contribution in [2.75, 3.05) is 26.7 Å². The number of methoxy groups -OCH3 is 1. The molecule has 5 amide bonds. The molecule has 4 aromatic rings. The molecule has 1 unspecified atom stereocenters. The number of amides is 5. The molecule has 5 rings (SSSR count). The first kappa shape index (κ1) is 37.8. The maximum absolute atomic E-state index is 14.6. The lowest BCUT2D eigenvalue weighted by molar-refractivity contribution is -0.146. The minimum Gasteiger partial charge on any atom is -0.497 e. The molecule has 0 saturated carbocycles. The van der Waals surface area contributed by atoms with E-state index in [9.17, 15) is 24.0 Å². The maximum atomic E-state index is 14.6. The van der Waals surface area contributed by atoms with Gasteiger partial charge in [0, 0.05) is 25.4 Å². The number of rotatable bonds is 19. The van der Waals surface area contributed by atoms with Crippen molar-refractivity contribution in [1.82, 2.24) is 15.1 Å². The molecule has 52 heavy (non-hydrogen) atoms. The van der Waals surface area contributed by atoms with Crippen LogP contribution in [0.5, 0.6) is 5.75 Å². The largest absolute Gasteiger partial charge is 0.497 e. The summed E-state index contributed by atoms with van der Waals surface area (Å²) in [6.45, 7) is 0.569. The maximum Gasteiger partial charge on any atom is 0.261 e. The molecule has 4 aromatic carbocycles. The van der Waals surface area contributed by atoms with E-state index in [2.05, 4.69) is 5.32 Å². The molecule has 1 aliphatic rings. The number of hydrogen-bond donors (Lipinski definition) is 2. The third kappa shape index (κ3) is 9.88. The highest BCUT2D eigenvalue weighted by Crippen LogP contribution is 2.28. The average Bonchev–Trinajstić information content (AvgIpc) is 3.41. The molecule has 11 heteroatoms. The second-order valence-corrected chi connectivity index (χ2v) is 13.7. The van der Waals surface area contributed by atoms with Gasteiger partial charge in [0.1, 0.15) is 5.75 Å². The summed E-state index contributed by atoms with van der Waals surface area (Å²) in [6, 6.07) is 32.0. The summed E-state index contributed by atoms with van der Waals surface area (Å²) in [5.74, 6) is -1.37. The van der Waals surface area contributed by atoms with Gasteiger partial charge in [-0.05, 0) is 66.6 Å². The topological polar surface area (TPSA) is 139 Å². The van der Waals surface area contributed by atoms with Gasteiger partial charge >= 0.3 is 0 Å². The summed E-state index contributed by atoms with van der Waals surface area (Å²) in [6.07, 6.45) is 2.32. The highest BCUT2D eigenvalue weighted by atomic mass is 32.2. The van der Waals surface area contributed by atoms with Crippen LogP contribution >= 0.6 is 11.8 Å². The van der Waals surface area contributed by atoms with Gasteiger partial charge in [0.2, 0.25) is 11.8 Å². The van der Waals surface area contributed by atoms with Crippen LogP contribution in [0.4, 0.5) is 0 Å². The number of unbranched alkanes of at least 4 members (excludes halogenated alkanes) is 1. The standard InChI is InChI=1S/C41H44N4O6S/c1-51-32-21-19-31(20-22-32)28-52-35(18-10-11-26-45-39(48)33-16-8-9-17-34(33)40(45)49)41(50)44(27-24-30-14-6-3-7-15-30)36(37(42)46)38(47)43-25-23-29-12-4-2-5-13-29/h2-9,12-17,19-22,35-36H,10-11,18,23-28H2,1H3,(H2,42,46)(H,43,47)/t35-,36?/m0/s1. The number of nitrogens with one attached hydrogen (secondary N) is 1. The van der Waals surface area contributed by atoms with E-state index >= 15 is 0 Å². The summed E-state index contributed by atoms with van der Waals surface area (Å²) in [5.41, 5.74) is 9.61. The average molecular weight is 721 g/mol.